The van der Waals surface area contributed by atoms with Crippen LogP contribution >= 0.6 is 0 Å². The zero-order valence-electron chi connectivity index (χ0n) is 10.2. The summed E-state index contributed by atoms with van der Waals surface area (Å²) in [6, 6.07) is 5.17. The molecule has 1 aromatic carbocycles. The predicted molar refractivity (Wildman–Crippen MR) is 68.2 cm³/mol. The highest BCUT2D eigenvalue weighted by Gasteiger charge is 2.14. The van der Waals surface area contributed by atoms with Crippen LogP contribution in [-0.2, 0) is 9.59 Å². The number of rotatable bonds is 3. The Kier molecular flexibility index (Phi) is 4.12. The van der Waals surface area contributed by atoms with E-state index in [0.29, 0.717) is 5.69 Å². The first-order valence-electron chi connectivity index (χ1n) is 5.97. The molecule has 2 amide bonds. The van der Waals surface area contributed by atoms with Crippen LogP contribution in [0.2, 0.25) is 0 Å². The Morgan fingerprint density at radius 3 is 2.47 bits per heavy atom. The summed E-state index contributed by atoms with van der Waals surface area (Å²) in [5.74, 6) is -2.01. The fourth-order valence-electron chi connectivity index (χ4n) is 1.70. The Hall–Kier alpha value is -2.37. The number of hydrogen-bond acceptors (Lipinski definition) is 3. The fraction of sp³-hybridized carbons (Fsp3) is 0.231. The summed E-state index contributed by atoms with van der Waals surface area (Å²) >= 11 is 0. The Morgan fingerprint density at radius 1 is 1.11 bits per heavy atom. The predicted octanol–water partition coefficient (Wildman–Crippen LogP) is 1.45. The summed E-state index contributed by atoms with van der Waals surface area (Å²) in [5, 5.41) is 2.37. The van der Waals surface area contributed by atoms with Crippen LogP contribution in [0, 0.1) is 5.82 Å². The van der Waals surface area contributed by atoms with E-state index in [9.17, 15) is 14.0 Å². The van der Waals surface area contributed by atoms with Crippen LogP contribution in [0.5, 0.6) is 0 Å². The Morgan fingerprint density at radius 2 is 1.84 bits per heavy atom. The quantitative estimate of drug-likeness (QED) is 0.571. The second kappa shape index (κ2) is 5.99. The molecular weight excluding hydrogens is 249 g/mol. The highest BCUT2D eigenvalue weighted by molar-refractivity contribution is 6.39. The lowest BCUT2D eigenvalue weighted by Crippen LogP contribution is -2.43. The first-order valence-corrected chi connectivity index (χ1v) is 5.97. The van der Waals surface area contributed by atoms with Gasteiger partial charge in [0.1, 0.15) is 5.82 Å². The van der Waals surface area contributed by atoms with Gasteiger partial charge in [-0.3, -0.25) is 15.0 Å². The second-order valence-electron chi connectivity index (χ2n) is 4.16. The molecule has 3 N–H and O–H groups in total. The largest absolute Gasteiger partial charge is 0.327 e. The molecule has 0 heterocycles. The van der Waals surface area contributed by atoms with Crippen LogP contribution in [0.1, 0.15) is 19.3 Å². The van der Waals surface area contributed by atoms with Gasteiger partial charge in [-0.15, -0.1) is 0 Å². The van der Waals surface area contributed by atoms with E-state index in [1.54, 1.807) is 0 Å². The second-order valence-corrected chi connectivity index (χ2v) is 4.16. The van der Waals surface area contributed by atoms with Crippen LogP contribution in [0.15, 0.2) is 36.0 Å². The van der Waals surface area contributed by atoms with E-state index >= 15 is 0 Å². The van der Waals surface area contributed by atoms with E-state index in [1.165, 1.54) is 24.3 Å². The van der Waals surface area contributed by atoms with Gasteiger partial charge < -0.3 is 10.7 Å². The maximum atomic E-state index is 12.7. The van der Waals surface area contributed by atoms with Crippen molar-refractivity contribution in [2.75, 3.05) is 5.32 Å². The molecular formula is C13H14FN3O2. The summed E-state index contributed by atoms with van der Waals surface area (Å²) in [6.07, 6.45) is 4.85. The van der Waals surface area contributed by atoms with Gasteiger partial charge in [0.15, 0.2) is 0 Å². The molecule has 0 fully saturated rings. The van der Waals surface area contributed by atoms with Crippen LogP contribution in [0.4, 0.5) is 10.1 Å². The van der Waals surface area contributed by atoms with E-state index in [1.807, 2.05) is 6.08 Å². The molecule has 0 aromatic heterocycles. The average Bonchev–Trinajstić information content (AvgIpc) is 2.91. The van der Waals surface area contributed by atoms with Crippen LogP contribution in [-0.4, -0.2) is 11.8 Å². The molecule has 1 aliphatic carbocycles. The van der Waals surface area contributed by atoms with Crippen molar-refractivity contribution in [2.45, 2.75) is 19.3 Å². The summed E-state index contributed by atoms with van der Waals surface area (Å²) in [5.41, 5.74) is 6.28. The molecule has 2 rings (SSSR count). The molecule has 6 heteroatoms. The van der Waals surface area contributed by atoms with Gasteiger partial charge in [-0.2, -0.15) is 0 Å². The van der Waals surface area contributed by atoms with Gasteiger partial charge in [-0.25, -0.2) is 4.39 Å². The number of allylic oxidation sites excluding steroid dienone is 2. The number of amides is 2. The molecule has 0 spiro atoms. The highest BCUT2D eigenvalue weighted by atomic mass is 19.1. The molecule has 0 saturated heterocycles. The SMILES string of the molecule is O=C(NNC1=CCCC1)C(=O)Nc1ccc(F)cc1. The van der Waals surface area contributed by atoms with E-state index < -0.39 is 17.6 Å². The zero-order chi connectivity index (χ0) is 13.7. The van der Waals surface area contributed by atoms with E-state index in [0.717, 1.165) is 25.0 Å². The minimum Gasteiger partial charge on any atom is -0.318 e. The van der Waals surface area contributed by atoms with Gasteiger partial charge in [-0.05, 0) is 43.5 Å². The number of hydrazine groups is 1. The van der Waals surface area contributed by atoms with Crippen molar-refractivity contribution in [3.8, 4) is 0 Å². The number of hydrogen-bond donors (Lipinski definition) is 3. The average molecular weight is 263 g/mol. The van der Waals surface area contributed by atoms with Gasteiger partial charge in [0.25, 0.3) is 0 Å². The minimum absolute atomic E-state index is 0.363. The van der Waals surface area contributed by atoms with Crippen molar-refractivity contribution in [1.29, 1.82) is 0 Å². The molecule has 0 aliphatic heterocycles. The maximum absolute atomic E-state index is 12.7. The lowest BCUT2D eigenvalue weighted by molar-refractivity contribution is -0.136. The summed E-state index contributed by atoms with van der Waals surface area (Å²) < 4.78 is 12.7. The van der Waals surface area contributed by atoms with E-state index in [-0.39, 0.29) is 0 Å². The number of benzene rings is 1. The molecule has 0 radical (unpaired) electrons. The first-order chi connectivity index (χ1) is 9.15. The van der Waals surface area contributed by atoms with Crippen molar-refractivity contribution < 1.29 is 14.0 Å². The topological polar surface area (TPSA) is 70.2 Å². The molecule has 5 nitrogen and oxygen atoms in total. The van der Waals surface area contributed by atoms with Gasteiger partial charge in [0.05, 0.1) is 0 Å². The minimum atomic E-state index is -0.808. The smallest absolute Gasteiger partial charge is 0.318 e. The van der Waals surface area contributed by atoms with Crippen molar-refractivity contribution in [3.63, 3.8) is 0 Å². The number of anilines is 1. The van der Waals surface area contributed by atoms with E-state index in [4.69, 9.17) is 0 Å². The van der Waals surface area contributed by atoms with E-state index in [2.05, 4.69) is 16.2 Å². The van der Waals surface area contributed by atoms with Crippen molar-refractivity contribution in [2.24, 2.45) is 0 Å². The molecule has 0 atom stereocenters. The van der Waals surface area contributed by atoms with Crippen molar-refractivity contribution >= 4 is 17.5 Å². The zero-order valence-corrected chi connectivity index (χ0v) is 10.2. The van der Waals surface area contributed by atoms with Gasteiger partial charge in [0.2, 0.25) is 0 Å². The molecule has 0 unspecified atom stereocenters. The standard InChI is InChI=1S/C13H14FN3O2/c14-9-5-7-10(8-6-9)15-12(18)13(19)17-16-11-3-1-2-4-11/h3,5-8,16H,1-2,4H2,(H,15,18)(H,17,19). The maximum Gasteiger partial charge on any atom is 0.327 e. The number of nitrogens with one attached hydrogen (secondary N) is 3. The van der Waals surface area contributed by atoms with Gasteiger partial charge >= 0.3 is 11.8 Å². The monoisotopic (exact) mass is 263 g/mol. The molecule has 1 aliphatic rings. The molecule has 100 valence electrons. The third kappa shape index (κ3) is 3.80. The summed E-state index contributed by atoms with van der Waals surface area (Å²) in [6.45, 7) is 0. The third-order valence-corrected chi connectivity index (χ3v) is 2.69. The fourth-order valence-corrected chi connectivity index (χ4v) is 1.70. The number of carbonyl (C=O) groups excluding carboxylic acids is 2. The molecule has 0 bridgehead atoms. The molecule has 19 heavy (non-hydrogen) atoms. The van der Waals surface area contributed by atoms with Crippen molar-refractivity contribution in [3.05, 3.63) is 41.9 Å². The number of carbonyl (C=O) groups is 2. The molecule has 0 saturated carbocycles. The van der Waals surface area contributed by atoms with Crippen molar-refractivity contribution in [1.82, 2.24) is 10.9 Å². The Balaban J connectivity index is 1.81. The molecule has 1 aromatic rings. The number of halogens is 1. The van der Waals surface area contributed by atoms with Gasteiger partial charge in [0, 0.05) is 11.4 Å². The lowest BCUT2D eigenvalue weighted by Gasteiger charge is -2.09. The first kappa shape index (κ1) is 13.1. The Labute approximate surface area is 109 Å². The normalized spacial score (nSPS) is 13.6. The van der Waals surface area contributed by atoms with Crippen LogP contribution in [0.25, 0.3) is 0 Å². The lowest BCUT2D eigenvalue weighted by atomic mass is 10.3. The van der Waals surface area contributed by atoms with Crippen LogP contribution in [0.3, 0.4) is 0 Å². The Bertz CT molecular complexity index is 511. The summed E-state index contributed by atoms with van der Waals surface area (Å²) in [4.78, 5) is 23.0. The summed E-state index contributed by atoms with van der Waals surface area (Å²) in [7, 11) is 0. The highest BCUT2D eigenvalue weighted by Crippen LogP contribution is 2.13. The third-order valence-electron chi connectivity index (χ3n) is 2.69. The van der Waals surface area contributed by atoms with Crippen LogP contribution < -0.4 is 16.2 Å². The van der Waals surface area contributed by atoms with Gasteiger partial charge in [-0.1, -0.05) is 6.08 Å².